The van der Waals surface area contributed by atoms with Gasteiger partial charge in [-0.3, -0.25) is 14.9 Å². The van der Waals surface area contributed by atoms with Crippen molar-refractivity contribution in [3.05, 3.63) is 45.3 Å². The first kappa shape index (κ1) is 29.4. The predicted octanol–water partition coefficient (Wildman–Crippen LogP) is 4.66. The molecule has 0 aliphatic heterocycles. The summed E-state index contributed by atoms with van der Waals surface area (Å²) >= 11 is 8.94. The molecule has 15 heteroatoms. The van der Waals surface area contributed by atoms with Gasteiger partial charge in [-0.1, -0.05) is 34.7 Å². The Labute approximate surface area is 235 Å². The Hall–Kier alpha value is -3.20. The Morgan fingerprint density at radius 2 is 1.63 bits per heavy atom. The number of hydrogen-bond acceptors (Lipinski definition) is 12. The Balaban J connectivity index is 1.56. The zero-order valence-corrected chi connectivity index (χ0v) is 23.7. The number of hydrogen-bond donors (Lipinski definition) is 2. The smallest absolute Gasteiger partial charge is 0.348 e. The van der Waals surface area contributed by atoms with Crippen LogP contribution >= 0.6 is 46.0 Å². The lowest BCUT2D eigenvalue weighted by Gasteiger charge is -2.06. The van der Waals surface area contributed by atoms with Crippen LogP contribution in [0.4, 0.5) is 10.1 Å². The number of ether oxygens (including phenoxy) is 3. The SMILES string of the molecule is CCOC(=O)c1sc(NC(=O)CSc2nnc(NC(=O)COc3ccc(Cl)cc3)s2)c(C(=O)OCC)c1C. The topological polar surface area (TPSA) is 146 Å². The van der Waals surface area contributed by atoms with Crippen LogP contribution in [0.5, 0.6) is 5.75 Å². The largest absolute Gasteiger partial charge is 0.484 e. The van der Waals surface area contributed by atoms with Gasteiger partial charge in [0, 0.05) is 5.02 Å². The van der Waals surface area contributed by atoms with Gasteiger partial charge in [0.1, 0.15) is 15.6 Å². The second-order valence-electron chi connectivity index (χ2n) is 7.20. The normalized spacial score (nSPS) is 10.5. The van der Waals surface area contributed by atoms with Crippen LogP contribution in [0.15, 0.2) is 28.6 Å². The molecule has 0 aliphatic rings. The lowest BCUT2D eigenvalue weighted by atomic mass is 10.1. The molecule has 11 nitrogen and oxygen atoms in total. The lowest BCUT2D eigenvalue weighted by molar-refractivity contribution is -0.118. The Bertz CT molecular complexity index is 1310. The van der Waals surface area contributed by atoms with Gasteiger partial charge in [0.15, 0.2) is 10.9 Å². The fourth-order valence-electron chi connectivity index (χ4n) is 2.89. The number of nitrogens with one attached hydrogen (secondary N) is 2. The van der Waals surface area contributed by atoms with Crippen LogP contribution in [-0.4, -0.2) is 59.5 Å². The highest BCUT2D eigenvalue weighted by Gasteiger charge is 2.27. The summed E-state index contributed by atoms with van der Waals surface area (Å²) in [7, 11) is 0. The molecule has 1 aromatic carbocycles. The van der Waals surface area contributed by atoms with Crippen LogP contribution in [-0.2, 0) is 19.1 Å². The third kappa shape index (κ3) is 8.15. The van der Waals surface area contributed by atoms with Crippen LogP contribution in [0.2, 0.25) is 5.02 Å². The molecule has 0 unspecified atom stereocenters. The number of carbonyl (C=O) groups is 4. The van der Waals surface area contributed by atoms with E-state index in [2.05, 4.69) is 20.8 Å². The molecule has 0 radical (unpaired) electrons. The zero-order valence-electron chi connectivity index (χ0n) is 20.5. The summed E-state index contributed by atoms with van der Waals surface area (Å²) < 4.78 is 16.0. The van der Waals surface area contributed by atoms with Gasteiger partial charge in [-0.15, -0.1) is 21.5 Å². The first-order valence-corrected chi connectivity index (χ1v) is 14.1. The van der Waals surface area contributed by atoms with Gasteiger partial charge >= 0.3 is 11.9 Å². The Morgan fingerprint density at radius 1 is 0.947 bits per heavy atom. The number of nitrogens with zero attached hydrogens (tertiary/aromatic N) is 2. The van der Waals surface area contributed by atoms with E-state index >= 15 is 0 Å². The van der Waals surface area contributed by atoms with Gasteiger partial charge in [0.25, 0.3) is 5.91 Å². The number of amides is 2. The molecule has 202 valence electrons. The molecular weight excluding hydrogens is 576 g/mol. The fraction of sp³-hybridized carbons (Fsp3) is 0.304. The van der Waals surface area contributed by atoms with Crippen molar-refractivity contribution in [2.75, 3.05) is 36.2 Å². The molecule has 0 aliphatic carbocycles. The van der Waals surface area contributed by atoms with Gasteiger partial charge < -0.3 is 19.5 Å². The number of benzene rings is 1. The van der Waals surface area contributed by atoms with Crippen molar-refractivity contribution in [3.63, 3.8) is 0 Å². The molecular formula is C23H23ClN4O7S3. The van der Waals surface area contributed by atoms with Crippen molar-refractivity contribution in [1.82, 2.24) is 10.2 Å². The summed E-state index contributed by atoms with van der Waals surface area (Å²) in [6.07, 6.45) is 0. The van der Waals surface area contributed by atoms with Crippen LogP contribution < -0.4 is 15.4 Å². The number of aromatic nitrogens is 2. The van der Waals surface area contributed by atoms with Crippen molar-refractivity contribution in [2.24, 2.45) is 0 Å². The second-order valence-corrected chi connectivity index (χ2v) is 10.9. The highest BCUT2D eigenvalue weighted by Crippen LogP contribution is 2.35. The molecule has 2 heterocycles. The van der Waals surface area contributed by atoms with E-state index in [1.54, 1.807) is 45.0 Å². The second kappa shape index (κ2) is 14.1. The molecule has 0 fully saturated rings. The molecule has 2 N–H and O–H groups in total. The summed E-state index contributed by atoms with van der Waals surface area (Å²) in [4.78, 5) is 49.7. The summed E-state index contributed by atoms with van der Waals surface area (Å²) in [6, 6.07) is 6.59. The molecule has 0 spiro atoms. The fourth-order valence-corrected chi connectivity index (χ4v) is 5.68. The lowest BCUT2D eigenvalue weighted by Crippen LogP contribution is -2.20. The predicted molar refractivity (Wildman–Crippen MR) is 146 cm³/mol. The van der Waals surface area contributed by atoms with Crippen LogP contribution in [0.25, 0.3) is 0 Å². The minimum atomic E-state index is -0.649. The van der Waals surface area contributed by atoms with Crippen LogP contribution in [0.1, 0.15) is 39.4 Å². The summed E-state index contributed by atoms with van der Waals surface area (Å²) in [5, 5.41) is 14.1. The van der Waals surface area contributed by atoms with E-state index in [0.717, 1.165) is 34.4 Å². The molecule has 0 saturated carbocycles. The van der Waals surface area contributed by atoms with E-state index < -0.39 is 23.8 Å². The van der Waals surface area contributed by atoms with Gasteiger partial charge in [-0.25, -0.2) is 9.59 Å². The quantitative estimate of drug-likeness (QED) is 0.171. The van der Waals surface area contributed by atoms with Gasteiger partial charge in [0.2, 0.25) is 11.0 Å². The number of thiophene rings is 1. The third-order valence-corrected chi connectivity index (χ3v) is 7.91. The first-order valence-electron chi connectivity index (χ1n) is 11.1. The molecule has 0 saturated heterocycles. The van der Waals surface area contributed by atoms with E-state index in [4.69, 9.17) is 25.8 Å². The number of rotatable bonds is 12. The van der Waals surface area contributed by atoms with Gasteiger partial charge in [0.05, 0.1) is 24.5 Å². The standard InChI is InChI=1S/C23H23ClN4O7S3/c1-4-33-20(31)17-12(3)18(21(32)34-5-2)37-19(17)25-16(30)11-36-23-28-27-22(38-23)26-15(29)10-35-14-8-6-13(24)7-9-14/h6-9H,4-5,10-11H2,1-3H3,(H,25,30)(H,26,27,29). The number of halogens is 1. The Kier molecular flexibility index (Phi) is 10.9. The molecule has 3 aromatic rings. The average molecular weight is 599 g/mol. The van der Waals surface area contributed by atoms with Crippen molar-refractivity contribution in [2.45, 2.75) is 25.1 Å². The number of esters is 2. The van der Waals surface area contributed by atoms with Crippen molar-refractivity contribution < 1.29 is 33.4 Å². The van der Waals surface area contributed by atoms with E-state index in [0.29, 0.717) is 20.7 Å². The van der Waals surface area contributed by atoms with E-state index in [1.807, 2.05) is 0 Å². The number of carbonyl (C=O) groups excluding carboxylic acids is 4. The maximum Gasteiger partial charge on any atom is 0.348 e. The summed E-state index contributed by atoms with van der Waals surface area (Å²) in [5.74, 6) is -1.67. The first-order chi connectivity index (χ1) is 18.2. The van der Waals surface area contributed by atoms with Gasteiger partial charge in [-0.2, -0.15) is 0 Å². The summed E-state index contributed by atoms with van der Waals surface area (Å²) in [5.41, 5.74) is 0.486. The van der Waals surface area contributed by atoms with Crippen molar-refractivity contribution >= 4 is 79.9 Å². The molecule has 38 heavy (non-hydrogen) atoms. The number of anilines is 2. The van der Waals surface area contributed by atoms with E-state index in [-0.39, 0.29) is 46.1 Å². The minimum absolute atomic E-state index is 0.0593. The van der Waals surface area contributed by atoms with Gasteiger partial charge in [-0.05, 0) is 50.6 Å². The van der Waals surface area contributed by atoms with Crippen LogP contribution in [0.3, 0.4) is 0 Å². The average Bonchev–Trinajstić information content (AvgIpc) is 3.46. The molecule has 2 aromatic heterocycles. The highest BCUT2D eigenvalue weighted by molar-refractivity contribution is 8.01. The van der Waals surface area contributed by atoms with Crippen LogP contribution in [0, 0.1) is 6.92 Å². The number of thioether (sulfide) groups is 1. The molecule has 0 bridgehead atoms. The van der Waals surface area contributed by atoms with Crippen molar-refractivity contribution in [1.29, 1.82) is 0 Å². The monoisotopic (exact) mass is 598 g/mol. The molecule has 0 atom stereocenters. The highest BCUT2D eigenvalue weighted by atomic mass is 35.5. The molecule has 3 rings (SSSR count). The van der Waals surface area contributed by atoms with E-state index in [1.165, 1.54) is 0 Å². The minimum Gasteiger partial charge on any atom is -0.484 e. The zero-order chi connectivity index (χ0) is 27.7. The molecule has 2 amide bonds. The maximum atomic E-state index is 12.6. The summed E-state index contributed by atoms with van der Waals surface area (Å²) in [6.45, 7) is 5.00. The Morgan fingerprint density at radius 3 is 2.32 bits per heavy atom. The maximum absolute atomic E-state index is 12.6. The van der Waals surface area contributed by atoms with Crippen molar-refractivity contribution in [3.8, 4) is 5.75 Å². The third-order valence-electron chi connectivity index (χ3n) is 4.50. The van der Waals surface area contributed by atoms with E-state index in [9.17, 15) is 19.2 Å².